The number of rotatable bonds is 5. The molecule has 0 saturated heterocycles. The van der Waals surface area contributed by atoms with Gasteiger partial charge in [-0.2, -0.15) is 0 Å². The first-order chi connectivity index (χ1) is 14.6. The van der Waals surface area contributed by atoms with Crippen LogP contribution in [0.15, 0.2) is 55.1 Å². The molecule has 3 heterocycles. The molecule has 0 radical (unpaired) electrons. The summed E-state index contributed by atoms with van der Waals surface area (Å²) in [4.78, 5) is 12.8. The van der Waals surface area contributed by atoms with E-state index in [1.807, 2.05) is 29.1 Å². The van der Waals surface area contributed by atoms with E-state index in [0.29, 0.717) is 17.9 Å². The molecule has 1 fully saturated rings. The zero-order valence-electron chi connectivity index (χ0n) is 16.6. The molecule has 1 unspecified atom stereocenters. The van der Waals surface area contributed by atoms with E-state index >= 15 is 0 Å². The average Bonchev–Trinajstić information content (AvgIpc) is 3.31. The van der Waals surface area contributed by atoms with Gasteiger partial charge in [-0.15, -0.1) is 0 Å². The third-order valence-electron chi connectivity index (χ3n) is 6.38. The summed E-state index contributed by atoms with van der Waals surface area (Å²) < 4.78 is 1.93. The molecule has 30 heavy (non-hydrogen) atoms. The molecule has 0 amide bonds. The number of benzene rings is 1. The summed E-state index contributed by atoms with van der Waals surface area (Å²) in [6, 6.07) is 12.0. The molecule has 154 valence electrons. The zero-order chi connectivity index (χ0) is 20.7. The Morgan fingerprint density at radius 3 is 2.87 bits per heavy atom. The molecule has 0 aliphatic heterocycles. The highest BCUT2D eigenvalue weighted by atomic mass is 16.3. The Kier molecular flexibility index (Phi) is 4.84. The van der Waals surface area contributed by atoms with Crippen molar-refractivity contribution < 1.29 is 10.2 Å². The molecule has 4 aromatic rings. The van der Waals surface area contributed by atoms with Gasteiger partial charge in [0.25, 0.3) is 0 Å². The summed E-state index contributed by atoms with van der Waals surface area (Å²) in [6.07, 6.45) is 6.97. The second kappa shape index (κ2) is 7.66. The third kappa shape index (κ3) is 3.30. The number of hydrogen-bond donors (Lipinski definition) is 3. The standard InChI is InChI=1S/C23H25N5O2/c24-22-17-8-10-28(23(17)27-13-26-22)19-12-16(20(29)21(19)30)4-1-3-14-6-7-15-5-2-9-25-18(15)11-14/h2,5-11,13,16,19-21,29-30H,1,3-4,12H2,(H2,24,26,27)/t16?,19-,20-,21+/m1/s1. The van der Waals surface area contributed by atoms with Crippen LogP contribution in [0.2, 0.25) is 0 Å². The Bertz CT molecular complexity index is 1190. The van der Waals surface area contributed by atoms with Gasteiger partial charge in [-0.25, -0.2) is 9.97 Å². The molecule has 3 aromatic heterocycles. The first-order valence-electron chi connectivity index (χ1n) is 10.4. The predicted octanol–water partition coefficient (Wildman–Crippen LogP) is 2.87. The van der Waals surface area contributed by atoms with E-state index in [-0.39, 0.29) is 12.0 Å². The zero-order valence-corrected chi connectivity index (χ0v) is 16.6. The molecule has 0 bridgehead atoms. The quantitative estimate of drug-likeness (QED) is 0.473. The van der Waals surface area contributed by atoms with Gasteiger partial charge in [0.2, 0.25) is 0 Å². The van der Waals surface area contributed by atoms with E-state index in [2.05, 4.69) is 39.2 Å². The molecule has 1 saturated carbocycles. The summed E-state index contributed by atoms with van der Waals surface area (Å²) in [6.45, 7) is 0. The molecule has 4 atom stereocenters. The van der Waals surface area contributed by atoms with Crippen molar-refractivity contribution in [2.45, 2.75) is 43.9 Å². The fourth-order valence-electron chi connectivity index (χ4n) is 4.76. The number of aromatic nitrogens is 4. The molecule has 0 spiro atoms. The fraction of sp³-hybridized carbons (Fsp3) is 0.348. The summed E-state index contributed by atoms with van der Waals surface area (Å²) in [5.74, 6) is 0.466. The van der Waals surface area contributed by atoms with Crippen molar-refractivity contribution >= 4 is 27.8 Å². The molecule has 1 aromatic carbocycles. The van der Waals surface area contributed by atoms with E-state index in [9.17, 15) is 10.2 Å². The highest BCUT2D eigenvalue weighted by Crippen LogP contribution is 2.39. The predicted molar refractivity (Wildman–Crippen MR) is 116 cm³/mol. The number of aliphatic hydroxyl groups is 2. The minimum Gasteiger partial charge on any atom is -0.390 e. The van der Waals surface area contributed by atoms with Crippen molar-refractivity contribution in [3.8, 4) is 0 Å². The van der Waals surface area contributed by atoms with Gasteiger partial charge in [0.15, 0.2) is 0 Å². The SMILES string of the molecule is Nc1ncnc2c1ccn2[C@@H]1CC(CCCc2ccc3cccnc3c2)[C@@H](O)[C@H]1O. The normalized spacial score (nSPS) is 24.1. The van der Waals surface area contributed by atoms with Gasteiger partial charge in [0, 0.05) is 17.8 Å². The summed E-state index contributed by atoms with van der Waals surface area (Å²) >= 11 is 0. The van der Waals surface area contributed by atoms with Crippen LogP contribution in [0, 0.1) is 5.92 Å². The largest absolute Gasteiger partial charge is 0.390 e. The third-order valence-corrected chi connectivity index (χ3v) is 6.38. The number of fused-ring (bicyclic) bond motifs is 2. The van der Waals surface area contributed by atoms with Crippen molar-refractivity contribution in [3.05, 3.63) is 60.7 Å². The van der Waals surface area contributed by atoms with Crippen LogP contribution < -0.4 is 5.73 Å². The lowest BCUT2D eigenvalue weighted by molar-refractivity contribution is 0.00511. The minimum atomic E-state index is -0.827. The fourth-order valence-corrected chi connectivity index (χ4v) is 4.76. The molecule has 4 N–H and O–H groups in total. The van der Waals surface area contributed by atoms with E-state index < -0.39 is 12.2 Å². The smallest absolute Gasteiger partial charge is 0.145 e. The van der Waals surface area contributed by atoms with E-state index in [1.54, 1.807) is 0 Å². The molecule has 7 nitrogen and oxygen atoms in total. The molecule has 1 aliphatic rings. The number of pyridine rings is 1. The van der Waals surface area contributed by atoms with Crippen LogP contribution in [0.4, 0.5) is 5.82 Å². The highest BCUT2D eigenvalue weighted by Gasteiger charge is 2.42. The van der Waals surface area contributed by atoms with E-state index in [4.69, 9.17) is 5.73 Å². The van der Waals surface area contributed by atoms with Crippen molar-refractivity contribution in [2.75, 3.05) is 5.73 Å². The van der Waals surface area contributed by atoms with Crippen LogP contribution in [0.3, 0.4) is 0 Å². The van der Waals surface area contributed by atoms with Gasteiger partial charge >= 0.3 is 0 Å². The van der Waals surface area contributed by atoms with Gasteiger partial charge < -0.3 is 20.5 Å². The maximum Gasteiger partial charge on any atom is 0.145 e. The molecule has 1 aliphatic carbocycles. The monoisotopic (exact) mass is 403 g/mol. The number of nitrogens with two attached hydrogens (primary N) is 1. The topological polar surface area (TPSA) is 110 Å². The van der Waals surface area contributed by atoms with Crippen LogP contribution in [0.1, 0.15) is 30.9 Å². The van der Waals surface area contributed by atoms with Crippen LogP contribution >= 0.6 is 0 Å². The number of nitrogens with zero attached hydrogens (tertiary/aromatic N) is 4. The number of nitrogen functional groups attached to an aromatic ring is 1. The number of aliphatic hydroxyl groups excluding tert-OH is 2. The van der Waals surface area contributed by atoms with Crippen molar-refractivity contribution in [2.24, 2.45) is 5.92 Å². The second-order valence-electron chi connectivity index (χ2n) is 8.19. The van der Waals surface area contributed by atoms with E-state index in [0.717, 1.165) is 35.6 Å². The lowest BCUT2D eigenvalue weighted by atomic mass is 9.96. The lowest BCUT2D eigenvalue weighted by Crippen LogP contribution is -2.29. The molecular weight excluding hydrogens is 378 g/mol. The van der Waals surface area contributed by atoms with Crippen LogP contribution in [0.25, 0.3) is 21.9 Å². The van der Waals surface area contributed by atoms with Crippen molar-refractivity contribution in [3.63, 3.8) is 0 Å². The van der Waals surface area contributed by atoms with Crippen molar-refractivity contribution in [1.29, 1.82) is 0 Å². The Morgan fingerprint density at radius 1 is 1.07 bits per heavy atom. The Balaban J connectivity index is 1.27. The summed E-state index contributed by atoms with van der Waals surface area (Å²) in [7, 11) is 0. The van der Waals surface area contributed by atoms with E-state index in [1.165, 1.54) is 11.9 Å². The van der Waals surface area contributed by atoms with Crippen molar-refractivity contribution in [1.82, 2.24) is 19.5 Å². The van der Waals surface area contributed by atoms with Crippen LogP contribution in [-0.4, -0.2) is 41.9 Å². The first kappa shape index (κ1) is 19.0. The summed E-state index contributed by atoms with van der Waals surface area (Å²) in [5.41, 5.74) is 8.88. The Labute approximate surface area is 174 Å². The number of hydrogen-bond acceptors (Lipinski definition) is 6. The first-order valence-corrected chi connectivity index (χ1v) is 10.4. The van der Waals surface area contributed by atoms with Gasteiger partial charge in [0.1, 0.15) is 23.9 Å². The average molecular weight is 403 g/mol. The number of anilines is 1. The van der Waals surface area contributed by atoms with Gasteiger partial charge in [0.05, 0.1) is 23.0 Å². The molecule has 7 heteroatoms. The molecular formula is C23H25N5O2. The Morgan fingerprint density at radius 2 is 1.97 bits per heavy atom. The maximum absolute atomic E-state index is 10.7. The summed E-state index contributed by atoms with van der Waals surface area (Å²) in [5, 5.41) is 23.3. The minimum absolute atomic E-state index is 0.0419. The van der Waals surface area contributed by atoms with Gasteiger partial charge in [-0.1, -0.05) is 18.2 Å². The number of aryl methyl sites for hydroxylation is 1. The molecule has 5 rings (SSSR count). The van der Waals surface area contributed by atoms with Gasteiger partial charge in [-0.3, -0.25) is 4.98 Å². The van der Waals surface area contributed by atoms with Crippen LogP contribution in [0.5, 0.6) is 0 Å². The lowest BCUT2D eigenvalue weighted by Gasteiger charge is -2.19. The van der Waals surface area contributed by atoms with Gasteiger partial charge in [-0.05, 0) is 55.4 Å². The Hall–Kier alpha value is -3.03. The second-order valence-corrected chi connectivity index (χ2v) is 8.19. The maximum atomic E-state index is 10.7. The van der Waals surface area contributed by atoms with Crippen LogP contribution in [-0.2, 0) is 6.42 Å². The highest BCUT2D eigenvalue weighted by molar-refractivity contribution is 5.86.